The summed E-state index contributed by atoms with van der Waals surface area (Å²) in [6.07, 6.45) is 7.78. The Morgan fingerprint density at radius 1 is 1.44 bits per heavy atom. The first kappa shape index (κ1) is 13.5. The van der Waals surface area contributed by atoms with Crippen molar-refractivity contribution in [1.29, 1.82) is 0 Å². The van der Waals surface area contributed by atoms with Crippen molar-refractivity contribution in [1.82, 2.24) is 10.6 Å². The van der Waals surface area contributed by atoms with Gasteiger partial charge < -0.3 is 10.6 Å². The zero-order valence-corrected chi connectivity index (χ0v) is 10.7. The van der Waals surface area contributed by atoms with Crippen LogP contribution < -0.4 is 10.6 Å². The third-order valence-corrected chi connectivity index (χ3v) is 3.35. The number of piperidine rings is 1. The Kier molecular flexibility index (Phi) is 6.46. The second kappa shape index (κ2) is 7.66. The van der Waals surface area contributed by atoms with Gasteiger partial charge in [-0.3, -0.25) is 4.79 Å². The zero-order chi connectivity index (χ0) is 11.8. The van der Waals surface area contributed by atoms with Gasteiger partial charge in [0.05, 0.1) is 0 Å². The van der Waals surface area contributed by atoms with Gasteiger partial charge in [0, 0.05) is 18.5 Å². The summed E-state index contributed by atoms with van der Waals surface area (Å²) in [5.41, 5.74) is 0. The standard InChI is InChI=1S/C13H26N2O/c1-3-4-5-9-13(16)15-11(2)12-8-6-7-10-14-12/h11-12,14H,3-10H2,1-2H3,(H,15,16). The molecule has 0 radical (unpaired) electrons. The fourth-order valence-corrected chi connectivity index (χ4v) is 2.27. The number of hydrogen-bond donors (Lipinski definition) is 2. The Hall–Kier alpha value is -0.570. The van der Waals surface area contributed by atoms with Crippen LogP contribution in [0.1, 0.15) is 58.8 Å². The average Bonchev–Trinajstić information content (AvgIpc) is 2.30. The van der Waals surface area contributed by atoms with E-state index in [1.54, 1.807) is 0 Å². The van der Waals surface area contributed by atoms with Crippen molar-refractivity contribution >= 4 is 5.91 Å². The van der Waals surface area contributed by atoms with Crippen molar-refractivity contribution in [3.63, 3.8) is 0 Å². The quantitative estimate of drug-likeness (QED) is 0.682. The van der Waals surface area contributed by atoms with Crippen LogP contribution in [0, 0.1) is 0 Å². The van der Waals surface area contributed by atoms with Gasteiger partial charge in [-0.15, -0.1) is 0 Å². The summed E-state index contributed by atoms with van der Waals surface area (Å²) in [4.78, 5) is 11.6. The highest BCUT2D eigenvalue weighted by atomic mass is 16.1. The van der Waals surface area contributed by atoms with Crippen LogP contribution in [0.2, 0.25) is 0 Å². The molecule has 1 amide bonds. The molecule has 3 nitrogen and oxygen atoms in total. The third-order valence-electron chi connectivity index (χ3n) is 3.35. The molecule has 0 aromatic rings. The molecule has 1 rings (SSSR count). The minimum absolute atomic E-state index is 0.216. The van der Waals surface area contributed by atoms with Gasteiger partial charge in [0.25, 0.3) is 0 Å². The summed E-state index contributed by atoms with van der Waals surface area (Å²) >= 11 is 0. The summed E-state index contributed by atoms with van der Waals surface area (Å²) in [6, 6.07) is 0.748. The molecule has 0 saturated carbocycles. The number of carbonyl (C=O) groups is 1. The Morgan fingerprint density at radius 2 is 2.25 bits per heavy atom. The summed E-state index contributed by atoms with van der Waals surface area (Å²) in [7, 11) is 0. The number of carbonyl (C=O) groups excluding carboxylic acids is 1. The molecule has 2 atom stereocenters. The molecule has 1 heterocycles. The van der Waals surface area contributed by atoms with Gasteiger partial charge in [-0.2, -0.15) is 0 Å². The normalized spacial score (nSPS) is 22.8. The lowest BCUT2D eigenvalue weighted by atomic mass is 9.99. The smallest absolute Gasteiger partial charge is 0.220 e. The highest BCUT2D eigenvalue weighted by Gasteiger charge is 2.20. The molecule has 0 aromatic carbocycles. The molecular formula is C13H26N2O. The lowest BCUT2D eigenvalue weighted by Gasteiger charge is -2.29. The van der Waals surface area contributed by atoms with Gasteiger partial charge in [0.15, 0.2) is 0 Å². The fraction of sp³-hybridized carbons (Fsp3) is 0.923. The van der Waals surface area contributed by atoms with Gasteiger partial charge >= 0.3 is 0 Å². The minimum Gasteiger partial charge on any atom is -0.352 e. The highest BCUT2D eigenvalue weighted by molar-refractivity contribution is 5.76. The van der Waals surface area contributed by atoms with Crippen LogP contribution in [0.25, 0.3) is 0 Å². The summed E-state index contributed by atoms with van der Waals surface area (Å²) in [6.45, 7) is 5.37. The molecule has 16 heavy (non-hydrogen) atoms. The van der Waals surface area contributed by atoms with E-state index in [4.69, 9.17) is 0 Å². The molecule has 1 fully saturated rings. The van der Waals surface area contributed by atoms with Crippen molar-refractivity contribution in [2.24, 2.45) is 0 Å². The number of amides is 1. The predicted molar refractivity (Wildman–Crippen MR) is 67.4 cm³/mol. The molecule has 2 unspecified atom stereocenters. The van der Waals surface area contributed by atoms with E-state index in [1.165, 1.54) is 25.7 Å². The van der Waals surface area contributed by atoms with Crippen LogP contribution in [0.4, 0.5) is 0 Å². The number of hydrogen-bond acceptors (Lipinski definition) is 2. The number of rotatable bonds is 6. The maximum absolute atomic E-state index is 11.6. The molecule has 0 aromatic heterocycles. The topological polar surface area (TPSA) is 41.1 Å². The van der Waals surface area contributed by atoms with E-state index in [9.17, 15) is 4.79 Å². The van der Waals surface area contributed by atoms with E-state index >= 15 is 0 Å². The van der Waals surface area contributed by atoms with Crippen LogP contribution in [-0.2, 0) is 4.79 Å². The molecular weight excluding hydrogens is 200 g/mol. The maximum atomic E-state index is 11.6. The van der Waals surface area contributed by atoms with Crippen LogP contribution in [0.5, 0.6) is 0 Å². The van der Waals surface area contributed by atoms with Crippen LogP contribution in [0.15, 0.2) is 0 Å². The predicted octanol–water partition coefficient (Wildman–Crippen LogP) is 2.21. The van der Waals surface area contributed by atoms with E-state index in [-0.39, 0.29) is 11.9 Å². The zero-order valence-electron chi connectivity index (χ0n) is 10.7. The summed E-state index contributed by atoms with van der Waals surface area (Å²) < 4.78 is 0. The molecule has 0 bridgehead atoms. The maximum Gasteiger partial charge on any atom is 0.220 e. The van der Waals surface area contributed by atoms with E-state index in [2.05, 4.69) is 24.5 Å². The second-order valence-corrected chi connectivity index (χ2v) is 4.87. The molecule has 3 heteroatoms. The molecule has 1 saturated heterocycles. The van der Waals surface area contributed by atoms with E-state index in [0.29, 0.717) is 12.5 Å². The van der Waals surface area contributed by atoms with Crippen molar-refractivity contribution in [2.75, 3.05) is 6.54 Å². The number of unbranched alkanes of at least 4 members (excludes halogenated alkanes) is 2. The molecule has 1 aliphatic rings. The van der Waals surface area contributed by atoms with E-state index in [1.807, 2.05) is 0 Å². The molecule has 2 N–H and O–H groups in total. The minimum atomic E-state index is 0.216. The van der Waals surface area contributed by atoms with E-state index < -0.39 is 0 Å². The van der Waals surface area contributed by atoms with Crippen LogP contribution in [0.3, 0.4) is 0 Å². The fourth-order valence-electron chi connectivity index (χ4n) is 2.27. The van der Waals surface area contributed by atoms with Crippen LogP contribution >= 0.6 is 0 Å². The molecule has 94 valence electrons. The Balaban J connectivity index is 2.16. The Labute approximate surface area is 99.4 Å². The van der Waals surface area contributed by atoms with Crippen molar-refractivity contribution < 1.29 is 4.79 Å². The first-order valence-corrected chi connectivity index (χ1v) is 6.76. The largest absolute Gasteiger partial charge is 0.352 e. The van der Waals surface area contributed by atoms with Gasteiger partial charge in [0.2, 0.25) is 5.91 Å². The highest BCUT2D eigenvalue weighted by Crippen LogP contribution is 2.10. The molecule has 0 aliphatic carbocycles. The monoisotopic (exact) mass is 226 g/mol. The lowest BCUT2D eigenvalue weighted by Crippen LogP contribution is -2.50. The first-order valence-electron chi connectivity index (χ1n) is 6.76. The van der Waals surface area contributed by atoms with Crippen molar-refractivity contribution in [3.05, 3.63) is 0 Å². The van der Waals surface area contributed by atoms with Gasteiger partial charge in [-0.1, -0.05) is 26.2 Å². The summed E-state index contributed by atoms with van der Waals surface area (Å²) in [5, 5.41) is 6.58. The molecule has 1 aliphatic heterocycles. The van der Waals surface area contributed by atoms with Crippen LogP contribution in [-0.4, -0.2) is 24.5 Å². The average molecular weight is 226 g/mol. The Bertz CT molecular complexity index is 200. The summed E-state index contributed by atoms with van der Waals surface area (Å²) in [5.74, 6) is 0.216. The second-order valence-electron chi connectivity index (χ2n) is 4.87. The van der Waals surface area contributed by atoms with Gasteiger partial charge in [-0.25, -0.2) is 0 Å². The first-order chi connectivity index (χ1) is 7.74. The molecule has 0 spiro atoms. The van der Waals surface area contributed by atoms with Crippen molar-refractivity contribution in [2.45, 2.75) is 70.9 Å². The number of nitrogens with one attached hydrogen (secondary N) is 2. The van der Waals surface area contributed by atoms with E-state index in [0.717, 1.165) is 19.4 Å². The third kappa shape index (κ3) is 4.97. The SMILES string of the molecule is CCCCCC(=O)NC(C)C1CCCCN1. The van der Waals surface area contributed by atoms with Gasteiger partial charge in [-0.05, 0) is 32.7 Å². The van der Waals surface area contributed by atoms with Crippen molar-refractivity contribution in [3.8, 4) is 0 Å². The Morgan fingerprint density at radius 3 is 2.88 bits per heavy atom. The lowest BCUT2D eigenvalue weighted by molar-refractivity contribution is -0.122. The van der Waals surface area contributed by atoms with Gasteiger partial charge in [0.1, 0.15) is 0 Å².